The summed E-state index contributed by atoms with van der Waals surface area (Å²) >= 11 is 7.19. The van der Waals surface area contributed by atoms with E-state index in [4.69, 9.17) is 16.3 Å². The van der Waals surface area contributed by atoms with Crippen LogP contribution in [0.4, 0.5) is 0 Å². The smallest absolute Gasteiger partial charge is 0.291 e. The van der Waals surface area contributed by atoms with Gasteiger partial charge < -0.3 is 4.74 Å². The quantitative estimate of drug-likeness (QED) is 0.530. The van der Waals surface area contributed by atoms with Crippen molar-refractivity contribution in [3.8, 4) is 5.75 Å². The summed E-state index contributed by atoms with van der Waals surface area (Å²) in [5.41, 5.74) is 1.68. The predicted octanol–water partition coefficient (Wildman–Crippen LogP) is 3.53. The topological polar surface area (TPSA) is 56.5 Å². The van der Waals surface area contributed by atoms with Gasteiger partial charge in [-0.2, -0.15) is 9.50 Å². The minimum absolute atomic E-state index is 0.184. The lowest BCUT2D eigenvalue weighted by atomic mass is 10.2. The Balaban J connectivity index is 1.66. The van der Waals surface area contributed by atoms with E-state index in [9.17, 15) is 4.79 Å². The van der Waals surface area contributed by atoms with Gasteiger partial charge in [0, 0.05) is 5.02 Å². The Morgan fingerprint density at radius 3 is 2.67 bits per heavy atom. The van der Waals surface area contributed by atoms with Gasteiger partial charge in [-0.25, -0.2) is 0 Å². The maximum absolute atomic E-state index is 12.6. The van der Waals surface area contributed by atoms with Crippen LogP contribution in [0.2, 0.25) is 5.02 Å². The number of ether oxygens (including phenoxy) is 1. The van der Waals surface area contributed by atoms with Gasteiger partial charge >= 0.3 is 0 Å². The third-order valence-corrected chi connectivity index (χ3v) is 5.10. The van der Waals surface area contributed by atoms with Crippen LogP contribution in [0.5, 0.6) is 5.75 Å². The molecule has 0 amide bonds. The fourth-order valence-corrected chi connectivity index (χ4v) is 3.59. The van der Waals surface area contributed by atoms with Crippen LogP contribution < -0.4 is 14.8 Å². The van der Waals surface area contributed by atoms with Crippen molar-refractivity contribution < 1.29 is 4.74 Å². The normalized spacial score (nSPS) is 12.3. The van der Waals surface area contributed by atoms with Crippen molar-refractivity contribution in [2.45, 2.75) is 0 Å². The third kappa shape index (κ3) is 3.77. The van der Waals surface area contributed by atoms with Gasteiger partial charge in [-0.15, -0.1) is 5.10 Å². The van der Waals surface area contributed by atoms with Crippen LogP contribution in [0.3, 0.4) is 0 Å². The molecule has 0 aliphatic rings. The number of nitrogens with zero attached hydrogens (tertiary/aromatic N) is 3. The Hall–Kier alpha value is -2.96. The van der Waals surface area contributed by atoms with Gasteiger partial charge in [-0.05, 0) is 47.5 Å². The highest BCUT2D eigenvalue weighted by Gasteiger charge is 2.09. The molecule has 0 saturated heterocycles. The molecular formula is C20H14ClN3O2S. The molecule has 0 radical (unpaired) electrons. The second-order valence-corrected chi connectivity index (χ2v) is 7.19. The Labute approximate surface area is 163 Å². The molecule has 4 rings (SSSR count). The van der Waals surface area contributed by atoms with Gasteiger partial charge in [0.05, 0.1) is 11.6 Å². The summed E-state index contributed by atoms with van der Waals surface area (Å²) in [7, 11) is 1.61. The average Bonchev–Trinajstić information content (AvgIpc) is 3.21. The first-order valence-corrected chi connectivity index (χ1v) is 9.31. The molecule has 7 heteroatoms. The first-order chi connectivity index (χ1) is 13.1. The number of hydrogen-bond donors (Lipinski definition) is 0. The number of benzene rings is 2. The first kappa shape index (κ1) is 17.5. The van der Waals surface area contributed by atoms with E-state index >= 15 is 0 Å². The molecule has 0 bridgehead atoms. The van der Waals surface area contributed by atoms with Gasteiger partial charge in [-0.1, -0.05) is 53.3 Å². The largest absolute Gasteiger partial charge is 0.497 e. The molecule has 27 heavy (non-hydrogen) atoms. The number of aromatic nitrogens is 3. The molecule has 0 N–H and O–H groups in total. The lowest BCUT2D eigenvalue weighted by Gasteiger charge is -1.99. The van der Waals surface area contributed by atoms with Crippen molar-refractivity contribution in [1.29, 1.82) is 0 Å². The number of thiazole rings is 1. The van der Waals surface area contributed by atoms with E-state index in [2.05, 4.69) is 10.1 Å². The summed E-state index contributed by atoms with van der Waals surface area (Å²) in [5.74, 6) is 1.23. The Morgan fingerprint density at radius 2 is 1.93 bits per heavy atom. The van der Waals surface area contributed by atoms with Crippen molar-refractivity contribution in [1.82, 2.24) is 14.6 Å². The molecule has 2 heterocycles. The van der Waals surface area contributed by atoms with Crippen LogP contribution in [0, 0.1) is 0 Å². The van der Waals surface area contributed by atoms with Crippen LogP contribution in [-0.4, -0.2) is 21.7 Å². The van der Waals surface area contributed by atoms with Gasteiger partial charge in [0.15, 0.2) is 5.82 Å². The van der Waals surface area contributed by atoms with Crippen molar-refractivity contribution in [3.05, 3.63) is 85.4 Å². The van der Waals surface area contributed by atoms with Crippen molar-refractivity contribution in [2.24, 2.45) is 0 Å². The lowest BCUT2D eigenvalue weighted by Crippen LogP contribution is -2.23. The highest BCUT2D eigenvalue weighted by Crippen LogP contribution is 2.14. The molecule has 0 aliphatic heterocycles. The highest BCUT2D eigenvalue weighted by molar-refractivity contribution is 7.15. The minimum atomic E-state index is -0.184. The summed E-state index contributed by atoms with van der Waals surface area (Å²) in [6.07, 6.45) is 5.46. The van der Waals surface area contributed by atoms with Crippen molar-refractivity contribution >= 4 is 46.1 Å². The zero-order valence-corrected chi connectivity index (χ0v) is 15.9. The Kier molecular flexibility index (Phi) is 4.75. The van der Waals surface area contributed by atoms with Crippen LogP contribution in [0.25, 0.3) is 23.2 Å². The summed E-state index contributed by atoms with van der Waals surface area (Å²) in [4.78, 5) is 17.6. The molecule has 0 aliphatic carbocycles. The Morgan fingerprint density at radius 1 is 1.11 bits per heavy atom. The monoisotopic (exact) mass is 395 g/mol. The molecule has 0 atom stereocenters. The second-order valence-electron chi connectivity index (χ2n) is 5.74. The van der Waals surface area contributed by atoms with Crippen LogP contribution in [-0.2, 0) is 0 Å². The summed E-state index contributed by atoms with van der Waals surface area (Å²) < 4.78 is 7.12. The van der Waals surface area contributed by atoms with Gasteiger partial charge in [0.1, 0.15) is 5.75 Å². The number of halogens is 1. The van der Waals surface area contributed by atoms with Crippen molar-refractivity contribution in [3.63, 3.8) is 0 Å². The van der Waals surface area contributed by atoms with E-state index in [1.165, 1.54) is 15.9 Å². The van der Waals surface area contributed by atoms with E-state index in [1.807, 2.05) is 60.7 Å². The maximum atomic E-state index is 12.6. The van der Waals surface area contributed by atoms with Crippen LogP contribution in [0.15, 0.2) is 53.3 Å². The second kappa shape index (κ2) is 7.34. The maximum Gasteiger partial charge on any atom is 0.291 e. The van der Waals surface area contributed by atoms with Crippen molar-refractivity contribution in [2.75, 3.05) is 7.11 Å². The predicted molar refractivity (Wildman–Crippen MR) is 109 cm³/mol. The molecule has 134 valence electrons. The molecule has 4 aromatic rings. The number of methoxy groups -OCH3 is 1. The molecule has 0 fully saturated rings. The van der Waals surface area contributed by atoms with E-state index in [1.54, 1.807) is 13.2 Å². The number of fused-ring (bicyclic) bond motifs is 1. The third-order valence-electron chi connectivity index (χ3n) is 3.88. The fourth-order valence-electron chi connectivity index (χ4n) is 2.55. The summed E-state index contributed by atoms with van der Waals surface area (Å²) in [6, 6.07) is 15.0. The van der Waals surface area contributed by atoms with E-state index < -0.39 is 0 Å². The standard InChI is InChI=1S/C20H14ClN3O2S/c1-26-16-4-2-3-14(11-16)12-17-19(25)24-20(27-17)22-18(23-24)10-7-13-5-8-15(21)9-6-13/h2-12H,1H3/b10-7+,17-12+. The molecule has 2 aromatic carbocycles. The molecule has 0 unspecified atom stereocenters. The van der Waals surface area contributed by atoms with E-state index in [0.717, 1.165) is 16.9 Å². The lowest BCUT2D eigenvalue weighted by molar-refractivity contribution is 0.414. The van der Waals surface area contributed by atoms with Gasteiger partial charge in [-0.3, -0.25) is 4.79 Å². The Bertz CT molecular complexity index is 1240. The molecule has 2 aromatic heterocycles. The average molecular weight is 396 g/mol. The SMILES string of the molecule is COc1cccc(/C=c2/sc3nc(/C=C/c4ccc(Cl)cc4)nn3c2=O)c1. The van der Waals surface area contributed by atoms with Crippen LogP contribution >= 0.6 is 22.9 Å². The molecule has 5 nitrogen and oxygen atoms in total. The number of hydrogen-bond acceptors (Lipinski definition) is 5. The van der Waals surface area contributed by atoms with Crippen LogP contribution in [0.1, 0.15) is 17.0 Å². The van der Waals surface area contributed by atoms with E-state index in [0.29, 0.717) is 20.3 Å². The van der Waals surface area contributed by atoms with Gasteiger partial charge in [0.2, 0.25) is 4.96 Å². The zero-order chi connectivity index (χ0) is 18.8. The molecule has 0 saturated carbocycles. The summed E-state index contributed by atoms with van der Waals surface area (Å²) in [5, 5.41) is 4.97. The molecular weight excluding hydrogens is 382 g/mol. The zero-order valence-electron chi connectivity index (χ0n) is 14.3. The number of rotatable bonds is 4. The highest BCUT2D eigenvalue weighted by atomic mass is 35.5. The van der Waals surface area contributed by atoms with E-state index in [-0.39, 0.29) is 5.56 Å². The summed E-state index contributed by atoms with van der Waals surface area (Å²) in [6.45, 7) is 0. The fraction of sp³-hybridized carbons (Fsp3) is 0.0500. The minimum Gasteiger partial charge on any atom is -0.497 e. The molecule has 0 spiro atoms. The van der Waals surface area contributed by atoms with Gasteiger partial charge in [0.25, 0.3) is 5.56 Å². The first-order valence-electron chi connectivity index (χ1n) is 8.11.